The van der Waals surface area contributed by atoms with Crippen molar-refractivity contribution in [1.29, 1.82) is 0 Å². The van der Waals surface area contributed by atoms with Crippen molar-refractivity contribution < 1.29 is 9.90 Å². The van der Waals surface area contributed by atoms with Crippen molar-refractivity contribution in [3.05, 3.63) is 30.1 Å². The fraction of sp³-hybridized carbons (Fsp3) is 0.579. The molecule has 1 saturated heterocycles. The van der Waals surface area contributed by atoms with Crippen molar-refractivity contribution >= 4 is 17.1 Å². The zero-order valence-corrected chi connectivity index (χ0v) is 14.6. The molecule has 2 aliphatic rings. The topological polar surface area (TPSA) is 69.9 Å². The van der Waals surface area contributed by atoms with Gasteiger partial charge in [0.05, 0.1) is 23.9 Å². The Hall–Kier alpha value is -2.08. The minimum atomic E-state index is -0.140. The van der Waals surface area contributed by atoms with Crippen LogP contribution < -0.4 is 10.2 Å². The predicted octanol–water partition coefficient (Wildman–Crippen LogP) is 2.22. The molecule has 0 aromatic carbocycles. The lowest BCUT2D eigenvalue weighted by atomic mass is 9.87. The van der Waals surface area contributed by atoms with E-state index in [9.17, 15) is 9.90 Å². The summed E-state index contributed by atoms with van der Waals surface area (Å²) in [5.74, 6) is -0.103. The SMILES string of the molecule is O=C(NCC1(CO)CCCC1)c1cnn2ccc(N3CCCC3)cc12. The molecule has 0 radical (unpaired) electrons. The Kier molecular flexibility index (Phi) is 4.37. The third-order valence-corrected chi connectivity index (χ3v) is 5.84. The maximum Gasteiger partial charge on any atom is 0.255 e. The first-order valence-corrected chi connectivity index (χ1v) is 9.32. The maximum atomic E-state index is 12.7. The van der Waals surface area contributed by atoms with Gasteiger partial charge in [-0.25, -0.2) is 4.52 Å². The molecule has 25 heavy (non-hydrogen) atoms. The molecule has 0 spiro atoms. The molecule has 1 amide bonds. The van der Waals surface area contributed by atoms with Crippen LogP contribution in [0.3, 0.4) is 0 Å². The van der Waals surface area contributed by atoms with E-state index < -0.39 is 0 Å². The van der Waals surface area contributed by atoms with Crippen molar-refractivity contribution in [2.45, 2.75) is 38.5 Å². The molecule has 0 unspecified atom stereocenters. The average Bonchev–Trinajstić information content (AvgIpc) is 3.39. The lowest BCUT2D eigenvalue weighted by Gasteiger charge is -2.26. The van der Waals surface area contributed by atoms with E-state index in [0.717, 1.165) is 50.0 Å². The van der Waals surface area contributed by atoms with Crippen molar-refractivity contribution in [3.63, 3.8) is 0 Å². The normalized spacial score (nSPS) is 19.6. The van der Waals surface area contributed by atoms with E-state index in [2.05, 4.69) is 27.4 Å². The third kappa shape index (κ3) is 3.11. The second-order valence-corrected chi connectivity index (χ2v) is 7.52. The maximum absolute atomic E-state index is 12.7. The van der Waals surface area contributed by atoms with E-state index >= 15 is 0 Å². The van der Waals surface area contributed by atoms with Gasteiger partial charge in [-0.3, -0.25) is 4.79 Å². The van der Waals surface area contributed by atoms with Gasteiger partial charge in [-0.15, -0.1) is 0 Å². The Labute approximate surface area is 147 Å². The summed E-state index contributed by atoms with van der Waals surface area (Å²) < 4.78 is 1.76. The number of aromatic nitrogens is 2. The van der Waals surface area contributed by atoms with Crippen molar-refractivity contribution in [1.82, 2.24) is 14.9 Å². The molecule has 6 heteroatoms. The summed E-state index contributed by atoms with van der Waals surface area (Å²) in [4.78, 5) is 15.1. The number of carbonyl (C=O) groups excluding carboxylic acids is 1. The number of rotatable bonds is 5. The highest BCUT2D eigenvalue weighted by atomic mass is 16.3. The Balaban J connectivity index is 1.53. The van der Waals surface area contributed by atoms with Crippen molar-refractivity contribution in [2.24, 2.45) is 5.41 Å². The van der Waals surface area contributed by atoms with Gasteiger partial charge in [-0.1, -0.05) is 12.8 Å². The molecule has 4 rings (SSSR count). The Morgan fingerprint density at radius 2 is 2.00 bits per heavy atom. The number of aliphatic hydroxyl groups excluding tert-OH is 1. The van der Waals surface area contributed by atoms with E-state index in [1.54, 1.807) is 10.7 Å². The summed E-state index contributed by atoms with van der Waals surface area (Å²) in [6.07, 6.45) is 10.2. The molecule has 2 fully saturated rings. The zero-order chi connectivity index (χ0) is 17.3. The standard InChI is InChI=1S/C19H26N4O2/c24-14-19(6-1-2-7-19)13-20-18(25)16-12-21-23-10-5-15(11-17(16)23)22-8-3-4-9-22/h5,10-12,24H,1-4,6-9,13-14H2,(H,20,25). The number of aliphatic hydroxyl groups is 1. The van der Waals surface area contributed by atoms with E-state index in [4.69, 9.17) is 0 Å². The Bertz CT molecular complexity index is 758. The van der Waals surface area contributed by atoms with E-state index in [1.165, 1.54) is 12.8 Å². The Morgan fingerprint density at radius 3 is 2.72 bits per heavy atom. The molecule has 1 aliphatic heterocycles. The second kappa shape index (κ2) is 6.67. The molecule has 1 saturated carbocycles. The molecule has 2 aromatic heterocycles. The smallest absolute Gasteiger partial charge is 0.255 e. The summed E-state index contributed by atoms with van der Waals surface area (Å²) in [5, 5.41) is 17.1. The van der Waals surface area contributed by atoms with Crippen LogP contribution in [0.2, 0.25) is 0 Å². The second-order valence-electron chi connectivity index (χ2n) is 7.52. The highest BCUT2D eigenvalue weighted by Crippen LogP contribution is 2.37. The number of nitrogens with zero attached hydrogens (tertiary/aromatic N) is 3. The number of hydrogen-bond donors (Lipinski definition) is 2. The van der Waals surface area contributed by atoms with E-state index in [-0.39, 0.29) is 17.9 Å². The zero-order valence-electron chi connectivity index (χ0n) is 14.6. The molecule has 1 aliphatic carbocycles. The van der Waals surface area contributed by atoms with Gasteiger partial charge in [0, 0.05) is 36.9 Å². The number of pyridine rings is 1. The van der Waals surface area contributed by atoms with Crippen LogP contribution in [0.4, 0.5) is 5.69 Å². The molecule has 2 N–H and O–H groups in total. The van der Waals surface area contributed by atoms with Crippen LogP contribution >= 0.6 is 0 Å². The van der Waals surface area contributed by atoms with Crippen LogP contribution in [-0.4, -0.2) is 46.9 Å². The van der Waals surface area contributed by atoms with Crippen LogP contribution in [0, 0.1) is 5.41 Å². The minimum Gasteiger partial charge on any atom is -0.396 e. The van der Waals surface area contributed by atoms with Gasteiger partial charge in [0.15, 0.2) is 0 Å². The highest BCUT2D eigenvalue weighted by Gasteiger charge is 2.33. The fourth-order valence-corrected chi connectivity index (χ4v) is 4.20. The molecule has 0 atom stereocenters. The van der Waals surface area contributed by atoms with Crippen LogP contribution in [0.5, 0.6) is 0 Å². The first-order chi connectivity index (χ1) is 12.2. The van der Waals surface area contributed by atoms with Crippen LogP contribution in [0.1, 0.15) is 48.9 Å². The van der Waals surface area contributed by atoms with E-state index in [1.807, 2.05) is 6.20 Å². The monoisotopic (exact) mass is 342 g/mol. The van der Waals surface area contributed by atoms with Gasteiger partial charge in [0.25, 0.3) is 5.91 Å². The number of fused-ring (bicyclic) bond motifs is 1. The summed E-state index contributed by atoms with van der Waals surface area (Å²) >= 11 is 0. The number of carbonyl (C=O) groups is 1. The van der Waals surface area contributed by atoms with Gasteiger partial charge >= 0.3 is 0 Å². The lowest BCUT2D eigenvalue weighted by Crippen LogP contribution is -2.38. The van der Waals surface area contributed by atoms with Crippen molar-refractivity contribution in [2.75, 3.05) is 31.1 Å². The number of hydrogen-bond acceptors (Lipinski definition) is 4. The van der Waals surface area contributed by atoms with Gasteiger partial charge in [-0.2, -0.15) is 5.10 Å². The number of anilines is 1. The summed E-state index contributed by atoms with van der Waals surface area (Å²) in [7, 11) is 0. The summed E-state index contributed by atoms with van der Waals surface area (Å²) in [6, 6.07) is 4.12. The molecule has 0 bridgehead atoms. The molecular formula is C19H26N4O2. The Morgan fingerprint density at radius 1 is 1.24 bits per heavy atom. The quantitative estimate of drug-likeness (QED) is 0.874. The van der Waals surface area contributed by atoms with Gasteiger partial charge in [0.2, 0.25) is 0 Å². The fourth-order valence-electron chi connectivity index (χ4n) is 4.20. The van der Waals surface area contributed by atoms with Gasteiger partial charge in [-0.05, 0) is 37.8 Å². The number of amides is 1. The molecule has 6 nitrogen and oxygen atoms in total. The highest BCUT2D eigenvalue weighted by molar-refractivity contribution is 6.01. The first-order valence-electron chi connectivity index (χ1n) is 9.32. The first kappa shape index (κ1) is 16.4. The van der Waals surface area contributed by atoms with Crippen LogP contribution in [0.15, 0.2) is 24.5 Å². The van der Waals surface area contributed by atoms with Crippen molar-refractivity contribution in [3.8, 4) is 0 Å². The summed E-state index contributed by atoms with van der Waals surface area (Å²) in [5.41, 5.74) is 2.46. The van der Waals surface area contributed by atoms with Crippen LogP contribution in [-0.2, 0) is 0 Å². The molecule has 3 heterocycles. The molecule has 134 valence electrons. The van der Waals surface area contributed by atoms with Gasteiger partial charge in [0.1, 0.15) is 0 Å². The molecular weight excluding hydrogens is 316 g/mol. The lowest BCUT2D eigenvalue weighted by molar-refractivity contribution is 0.0882. The van der Waals surface area contributed by atoms with Crippen LogP contribution in [0.25, 0.3) is 5.52 Å². The van der Waals surface area contributed by atoms with Gasteiger partial charge < -0.3 is 15.3 Å². The third-order valence-electron chi connectivity index (χ3n) is 5.84. The summed E-state index contributed by atoms with van der Waals surface area (Å²) in [6.45, 7) is 2.82. The number of nitrogens with one attached hydrogen (secondary N) is 1. The average molecular weight is 342 g/mol. The molecule has 2 aromatic rings. The minimum absolute atomic E-state index is 0.103. The van der Waals surface area contributed by atoms with E-state index in [0.29, 0.717) is 12.1 Å². The largest absolute Gasteiger partial charge is 0.396 e. The predicted molar refractivity (Wildman–Crippen MR) is 97.0 cm³/mol.